The molecular formula is C38H53N6O10P. The highest BCUT2D eigenvalue weighted by molar-refractivity contribution is 7.52. The van der Waals surface area contributed by atoms with Crippen LogP contribution in [0.3, 0.4) is 0 Å². The normalized spacial score (nSPS) is 16.0. The fourth-order valence-electron chi connectivity index (χ4n) is 5.92. The van der Waals surface area contributed by atoms with Crippen LogP contribution in [0.4, 0.5) is 5.82 Å². The number of fused-ring (bicyclic) bond motifs is 2. The average Bonchev–Trinajstić information content (AvgIpc) is 3.60. The van der Waals surface area contributed by atoms with E-state index in [1.54, 1.807) is 58.2 Å². The second-order valence-corrected chi connectivity index (χ2v) is 15.9. The molecule has 0 saturated heterocycles. The van der Waals surface area contributed by atoms with E-state index in [9.17, 15) is 24.2 Å². The van der Waals surface area contributed by atoms with E-state index >= 15 is 0 Å². The molecule has 1 aromatic carbocycles. The number of nitrogens with one attached hydrogen (secondary N) is 1. The zero-order chi connectivity index (χ0) is 40.3. The number of carbonyl (C=O) groups is 3. The fourth-order valence-corrected chi connectivity index (χ4v) is 7.41. The van der Waals surface area contributed by atoms with Crippen molar-refractivity contribution in [2.75, 3.05) is 18.9 Å². The van der Waals surface area contributed by atoms with Gasteiger partial charge in [-0.25, -0.2) is 14.1 Å². The second kappa shape index (κ2) is 19.7. The van der Waals surface area contributed by atoms with E-state index in [1.165, 1.54) is 17.8 Å². The summed E-state index contributed by atoms with van der Waals surface area (Å²) in [5.41, 5.74) is 8.85. The van der Waals surface area contributed by atoms with Gasteiger partial charge >= 0.3 is 25.7 Å². The molecule has 1 aliphatic rings. The van der Waals surface area contributed by atoms with Crippen molar-refractivity contribution in [3.63, 3.8) is 0 Å². The molecule has 2 heterocycles. The molecule has 55 heavy (non-hydrogen) atoms. The van der Waals surface area contributed by atoms with Crippen LogP contribution in [0.25, 0.3) is 5.52 Å². The van der Waals surface area contributed by atoms with Crippen LogP contribution in [0.15, 0.2) is 36.7 Å². The first-order valence-corrected chi connectivity index (χ1v) is 20.3. The summed E-state index contributed by atoms with van der Waals surface area (Å²) in [5.74, 6) is -2.87. The summed E-state index contributed by atoms with van der Waals surface area (Å²) in [4.78, 5) is 43.6. The number of carbonyl (C=O) groups excluding carboxylic acids is 3. The molecule has 3 aromatic rings. The number of ether oxygens (including phenoxy) is 4. The van der Waals surface area contributed by atoms with Gasteiger partial charge in [-0.15, -0.1) is 0 Å². The maximum absolute atomic E-state index is 14.7. The summed E-state index contributed by atoms with van der Waals surface area (Å²) in [6.07, 6.45) is 3.60. The van der Waals surface area contributed by atoms with Gasteiger partial charge in [0.2, 0.25) is 0 Å². The Balaban J connectivity index is 1.74. The summed E-state index contributed by atoms with van der Waals surface area (Å²) in [5, 5.41) is 16.8. The van der Waals surface area contributed by atoms with Crippen molar-refractivity contribution in [1.82, 2.24) is 19.7 Å². The molecule has 4 rings (SSSR count). The molecule has 2 aromatic heterocycles. The smallest absolute Gasteiger partial charge is 0.459 e. The molecule has 16 nitrogen and oxygen atoms in total. The molecule has 0 aliphatic heterocycles. The van der Waals surface area contributed by atoms with Gasteiger partial charge in [-0.3, -0.25) is 18.9 Å². The Labute approximate surface area is 321 Å². The Morgan fingerprint density at radius 2 is 1.62 bits per heavy atom. The fraction of sp³-hybridized carbons (Fsp3) is 0.579. The average molecular weight is 785 g/mol. The summed E-state index contributed by atoms with van der Waals surface area (Å²) in [6, 6.07) is 7.33. The number of anilines is 1. The van der Waals surface area contributed by atoms with Crippen molar-refractivity contribution >= 4 is 37.0 Å². The van der Waals surface area contributed by atoms with Gasteiger partial charge in [0.05, 0.1) is 24.1 Å². The van der Waals surface area contributed by atoms with E-state index < -0.39 is 68.5 Å². The van der Waals surface area contributed by atoms with E-state index in [1.807, 2.05) is 19.9 Å². The van der Waals surface area contributed by atoms with Crippen LogP contribution in [-0.2, 0) is 55.3 Å². The molecule has 3 N–H and O–H groups in total. The lowest BCUT2D eigenvalue weighted by atomic mass is 9.92. The third-order valence-corrected chi connectivity index (χ3v) is 11.0. The van der Waals surface area contributed by atoms with Gasteiger partial charge in [0.1, 0.15) is 30.2 Å². The predicted molar refractivity (Wildman–Crippen MR) is 201 cm³/mol. The maximum atomic E-state index is 14.7. The molecule has 0 spiro atoms. The Morgan fingerprint density at radius 1 is 0.945 bits per heavy atom. The number of aromatic nitrogens is 3. The number of esters is 3. The van der Waals surface area contributed by atoms with Gasteiger partial charge in [0.25, 0.3) is 6.26 Å². The monoisotopic (exact) mass is 784 g/mol. The first kappa shape index (κ1) is 43.0. The van der Waals surface area contributed by atoms with E-state index in [0.29, 0.717) is 5.52 Å². The number of nitrogens with zero attached hydrogens (tertiary/aromatic N) is 4. The van der Waals surface area contributed by atoms with E-state index in [4.69, 9.17) is 33.7 Å². The predicted octanol–water partition coefficient (Wildman–Crippen LogP) is 6.03. The zero-order valence-corrected chi connectivity index (χ0v) is 33.5. The van der Waals surface area contributed by atoms with Crippen LogP contribution >= 0.6 is 7.75 Å². The topological polar surface area (TPSA) is 216 Å². The summed E-state index contributed by atoms with van der Waals surface area (Å²) in [7, 11) is -4.53. The van der Waals surface area contributed by atoms with Crippen LogP contribution in [0.1, 0.15) is 97.1 Å². The highest BCUT2D eigenvalue weighted by Crippen LogP contribution is 2.46. The minimum absolute atomic E-state index is 0.123. The summed E-state index contributed by atoms with van der Waals surface area (Å²) >= 11 is 0. The molecule has 0 radical (unpaired) electrons. The SMILES string of the molecule is CCC(CC)COC(=O)[C@H](C)NP(=O)(OC[C@@H](OC#N)[C@@H](OC(=O)C(C)C)[C@@H](OC(=O)C(C)C)c1ccc2c(N)ncnn12)Oc1ccc2c(c1)CCCC2. The lowest BCUT2D eigenvalue weighted by molar-refractivity contribution is -0.184. The maximum Gasteiger partial charge on any atom is 0.459 e. The van der Waals surface area contributed by atoms with Crippen molar-refractivity contribution in [2.45, 2.75) is 111 Å². The number of nitriles is 1. The molecule has 1 aliphatic carbocycles. The lowest BCUT2D eigenvalue weighted by Crippen LogP contribution is -2.44. The van der Waals surface area contributed by atoms with Crippen LogP contribution < -0.4 is 15.3 Å². The number of aryl methyl sites for hydroxylation is 2. The third kappa shape index (κ3) is 11.4. The number of rotatable bonds is 20. The third-order valence-electron chi connectivity index (χ3n) is 9.39. The number of nitrogens with two attached hydrogens (primary N) is 1. The number of hydrogen-bond donors (Lipinski definition) is 2. The quantitative estimate of drug-likeness (QED) is 0.0579. The van der Waals surface area contributed by atoms with Crippen molar-refractivity contribution in [3.05, 3.63) is 53.5 Å². The number of nitrogen functional groups attached to an aromatic ring is 1. The van der Waals surface area contributed by atoms with Crippen LogP contribution in [0, 0.1) is 29.3 Å². The largest absolute Gasteiger partial charge is 0.464 e. The van der Waals surface area contributed by atoms with Crippen molar-refractivity contribution < 1.29 is 46.9 Å². The molecule has 5 atom stereocenters. The molecule has 0 bridgehead atoms. The van der Waals surface area contributed by atoms with Gasteiger partial charge in [-0.2, -0.15) is 15.4 Å². The number of benzene rings is 1. The summed E-state index contributed by atoms with van der Waals surface area (Å²) in [6.45, 7) is 11.4. The Morgan fingerprint density at radius 3 is 2.27 bits per heavy atom. The van der Waals surface area contributed by atoms with Crippen LogP contribution in [-0.4, -0.2) is 64.0 Å². The molecule has 0 amide bonds. The van der Waals surface area contributed by atoms with E-state index in [-0.39, 0.29) is 29.8 Å². The Kier molecular flexibility index (Phi) is 15.4. The van der Waals surface area contributed by atoms with Gasteiger partial charge < -0.3 is 29.2 Å². The number of hydrogen-bond acceptors (Lipinski definition) is 14. The molecule has 17 heteroatoms. The Bertz CT molecular complexity index is 1870. The Hall–Kier alpha value is -4.71. The highest BCUT2D eigenvalue weighted by atomic mass is 31.2. The minimum atomic E-state index is -4.53. The van der Waals surface area contributed by atoms with Gasteiger partial charge in [0.15, 0.2) is 24.1 Å². The second-order valence-electron chi connectivity index (χ2n) is 14.2. The van der Waals surface area contributed by atoms with Crippen molar-refractivity contribution in [1.29, 1.82) is 5.26 Å². The zero-order valence-electron chi connectivity index (χ0n) is 32.6. The van der Waals surface area contributed by atoms with Gasteiger partial charge in [-0.1, -0.05) is 60.5 Å². The van der Waals surface area contributed by atoms with E-state index in [0.717, 1.165) is 49.7 Å². The molecule has 0 fully saturated rings. The highest BCUT2D eigenvalue weighted by Gasteiger charge is 2.43. The molecular weight excluding hydrogens is 731 g/mol. The van der Waals surface area contributed by atoms with Gasteiger partial charge in [0, 0.05) is 0 Å². The molecule has 1 unspecified atom stereocenters. The van der Waals surface area contributed by atoms with Crippen LogP contribution in [0.2, 0.25) is 0 Å². The van der Waals surface area contributed by atoms with Gasteiger partial charge in [-0.05, 0) is 73.9 Å². The minimum Gasteiger partial charge on any atom is -0.464 e. The molecule has 0 saturated carbocycles. The summed E-state index contributed by atoms with van der Waals surface area (Å²) < 4.78 is 51.0. The van der Waals surface area contributed by atoms with Crippen molar-refractivity contribution in [2.24, 2.45) is 17.8 Å². The standard InChI is InChI=1S/C38H53N6O10P/c1-8-26(9-2)19-49-38(47)25(7)43-55(48,54-29-15-14-27-12-10-11-13-28(27)18-29)51-20-32(50-21-39)34(53-37(46)24(5)6)33(52-36(45)23(3)4)30-16-17-31-35(40)41-22-42-44(30)31/h14-18,22-26,32-34H,8-13,19-20H2,1-7H3,(H,43,48)(H2,40,41,42)/t25-,32+,33-,34+,55?/m0/s1. The van der Waals surface area contributed by atoms with E-state index in [2.05, 4.69) is 15.2 Å². The first-order chi connectivity index (χ1) is 26.2. The van der Waals surface area contributed by atoms with Crippen LogP contribution in [0.5, 0.6) is 5.75 Å². The lowest BCUT2D eigenvalue weighted by Gasteiger charge is -2.32. The molecule has 300 valence electrons. The van der Waals surface area contributed by atoms with Crippen molar-refractivity contribution in [3.8, 4) is 12.0 Å². The first-order valence-electron chi connectivity index (χ1n) is 18.7.